The van der Waals surface area contributed by atoms with Crippen molar-refractivity contribution in [3.8, 4) is 0 Å². The van der Waals surface area contributed by atoms with E-state index in [-0.39, 0.29) is 5.91 Å². The number of carbonyl (C=O) groups excluding carboxylic acids is 1. The standard InChI is InChI=1S/C17H25N5O2S/c1-3-22-16(19-20-17(22)25-2)13-6-8-21(9-7-13)12-15(23)18-11-14-5-4-10-24-14/h4-5,10,13H,3,6-9,11-12H2,1-2H3,(H,18,23). The lowest BCUT2D eigenvalue weighted by Crippen LogP contribution is -2.41. The van der Waals surface area contributed by atoms with Crippen molar-refractivity contribution in [3.63, 3.8) is 0 Å². The van der Waals surface area contributed by atoms with E-state index in [9.17, 15) is 4.79 Å². The molecule has 1 N–H and O–H groups in total. The molecule has 7 nitrogen and oxygen atoms in total. The third-order valence-corrected chi connectivity index (χ3v) is 5.27. The second-order valence-electron chi connectivity index (χ2n) is 6.20. The van der Waals surface area contributed by atoms with Crippen LogP contribution in [0.1, 0.15) is 37.3 Å². The van der Waals surface area contributed by atoms with Gasteiger partial charge in [0.1, 0.15) is 11.6 Å². The van der Waals surface area contributed by atoms with Crippen molar-refractivity contribution in [2.75, 3.05) is 25.9 Å². The molecule has 0 unspecified atom stereocenters. The average Bonchev–Trinajstić information content (AvgIpc) is 3.29. The molecule has 1 saturated heterocycles. The monoisotopic (exact) mass is 363 g/mol. The maximum absolute atomic E-state index is 12.1. The van der Waals surface area contributed by atoms with Crippen LogP contribution < -0.4 is 5.32 Å². The normalized spacial score (nSPS) is 16.2. The van der Waals surface area contributed by atoms with Gasteiger partial charge >= 0.3 is 0 Å². The largest absolute Gasteiger partial charge is 0.467 e. The van der Waals surface area contributed by atoms with Crippen LogP contribution in [0.5, 0.6) is 0 Å². The van der Waals surface area contributed by atoms with Gasteiger partial charge in [-0.3, -0.25) is 9.69 Å². The van der Waals surface area contributed by atoms with Gasteiger partial charge in [-0.15, -0.1) is 10.2 Å². The molecule has 3 heterocycles. The average molecular weight is 363 g/mol. The van der Waals surface area contributed by atoms with E-state index in [4.69, 9.17) is 4.42 Å². The molecule has 0 atom stereocenters. The minimum atomic E-state index is 0.0382. The third-order valence-electron chi connectivity index (χ3n) is 4.60. The number of rotatable bonds is 7. The maximum Gasteiger partial charge on any atom is 0.234 e. The predicted molar refractivity (Wildman–Crippen MR) is 96.4 cm³/mol. The molecule has 0 saturated carbocycles. The van der Waals surface area contributed by atoms with Crippen LogP contribution in [0.3, 0.4) is 0 Å². The van der Waals surface area contributed by atoms with Gasteiger partial charge in [-0.2, -0.15) is 0 Å². The Balaban J connectivity index is 1.47. The summed E-state index contributed by atoms with van der Waals surface area (Å²) < 4.78 is 7.43. The van der Waals surface area contributed by atoms with E-state index < -0.39 is 0 Å². The van der Waals surface area contributed by atoms with Crippen LogP contribution in [-0.4, -0.2) is 51.5 Å². The number of amides is 1. The van der Waals surface area contributed by atoms with E-state index in [0.717, 1.165) is 49.2 Å². The first kappa shape index (κ1) is 18.0. The summed E-state index contributed by atoms with van der Waals surface area (Å²) in [7, 11) is 0. The highest BCUT2D eigenvalue weighted by molar-refractivity contribution is 7.98. The zero-order chi connectivity index (χ0) is 17.6. The number of nitrogens with zero attached hydrogens (tertiary/aromatic N) is 4. The highest BCUT2D eigenvalue weighted by atomic mass is 32.2. The molecule has 1 aliphatic heterocycles. The topological polar surface area (TPSA) is 76.2 Å². The summed E-state index contributed by atoms with van der Waals surface area (Å²) in [6, 6.07) is 3.68. The summed E-state index contributed by atoms with van der Waals surface area (Å²) >= 11 is 1.64. The van der Waals surface area contributed by atoms with Crippen molar-refractivity contribution >= 4 is 17.7 Å². The summed E-state index contributed by atoms with van der Waals surface area (Å²) in [5.41, 5.74) is 0. The number of piperidine rings is 1. The van der Waals surface area contributed by atoms with Gasteiger partial charge in [0.05, 0.1) is 19.4 Å². The Morgan fingerprint density at radius 3 is 2.84 bits per heavy atom. The van der Waals surface area contributed by atoms with Crippen molar-refractivity contribution in [2.24, 2.45) is 0 Å². The van der Waals surface area contributed by atoms with Gasteiger partial charge in [-0.25, -0.2) is 0 Å². The lowest BCUT2D eigenvalue weighted by molar-refractivity contribution is -0.122. The first-order valence-corrected chi connectivity index (χ1v) is 9.92. The zero-order valence-electron chi connectivity index (χ0n) is 14.8. The van der Waals surface area contributed by atoms with Gasteiger partial charge in [-0.1, -0.05) is 11.8 Å². The Morgan fingerprint density at radius 2 is 2.20 bits per heavy atom. The van der Waals surface area contributed by atoms with Gasteiger partial charge < -0.3 is 14.3 Å². The molecule has 25 heavy (non-hydrogen) atoms. The minimum absolute atomic E-state index is 0.0382. The molecule has 3 rings (SSSR count). The van der Waals surface area contributed by atoms with Crippen molar-refractivity contribution in [1.82, 2.24) is 25.0 Å². The Morgan fingerprint density at radius 1 is 1.40 bits per heavy atom. The van der Waals surface area contributed by atoms with E-state index in [2.05, 4.69) is 31.9 Å². The minimum Gasteiger partial charge on any atom is -0.467 e. The molecule has 136 valence electrons. The number of furan rings is 1. The molecule has 2 aromatic rings. The van der Waals surface area contributed by atoms with Gasteiger partial charge in [0.15, 0.2) is 5.16 Å². The van der Waals surface area contributed by atoms with Crippen molar-refractivity contribution in [2.45, 2.75) is 43.9 Å². The molecule has 0 aromatic carbocycles. The molecule has 0 aliphatic carbocycles. The third kappa shape index (κ3) is 4.43. The molecular formula is C17H25N5O2S. The van der Waals surface area contributed by atoms with Gasteiger partial charge in [-0.05, 0) is 51.2 Å². The summed E-state index contributed by atoms with van der Waals surface area (Å²) in [5, 5.41) is 12.6. The van der Waals surface area contributed by atoms with Crippen LogP contribution in [-0.2, 0) is 17.9 Å². The highest BCUT2D eigenvalue weighted by Crippen LogP contribution is 2.28. The Bertz CT molecular complexity index is 677. The molecule has 1 fully saturated rings. The van der Waals surface area contributed by atoms with E-state index in [1.807, 2.05) is 18.4 Å². The fourth-order valence-electron chi connectivity index (χ4n) is 3.26. The molecule has 1 aliphatic rings. The van der Waals surface area contributed by atoms with E-state index >= 15 is 0 Å². The van der Waals surface area contributed by atoms with Gasteiger partial charge in [0.25, 0.3) is 0 Å². The lowest BCUT2D eigenvalue weighted by atomic mass is 9.96. The number of hydrogen-bond acceptors (Lipinski definition) is 6. The van der Waals surface area contributed by atoms with E-state index in [1.54, 1.807) is 18.0 Å². The molecule has 2 aromatic heterocycles. The Hall–Kier alpha value is -1.80. The van der Waals surface area contributed by atoms with Gasteiger partial charge in [0.2, 0.25) is 5.91 Å². The SMILES string of the molecule is CCn1c(SC)nnc1C1CCN(CC(=O)NCc2ccco2)CC1. The molecule has 8 heteroatoms. The maximum atomic E-state index is 12.1. The summed E-state index contributed by atoms with van der Waals surface area (Å²) in [4.78, 5) is 14.3. The number of likely N-dealkylation sites (tertiary alicyclic amines) is 1. The van der Waals surface area contributed by atoms with E-state index in [0.29, 0.717) is 19.0 Å². The summed E-state index contributed by atoms with van der Waals surface area (Å²) in [6.45, 7) is 5.72. The molecule has 0 radical (unpaired) electrons. The van der Waals surface area contributed by atoms with Crippen LogP contribution >= 0.6 is 11.8 Å². The number of nitrogens with one attached hydrogen (secondary N) is 1. The first-order valence-electron chi connectivity index (χ1n) is 8.69. The number of aromatic nitrogens is 3. The molecule has 1 amide bonds. The second-order valence-corrected chi connectivity index (χ2v) is 6.97. The fraction of sp³-hybridized carbons (Fsp3) is 0.588. The van der Waals surface area contributed by atoms with Crippen molar-refractivity contribution in [3.05, 3.63) is 30.0 Å². The number of carbonyl (C=O) groups is 1. The van der Waals surface area contributed by atoms with Crippen LogP contribution in [0.25, 0.3) is 0 Å². The van der Waals surface area contributed by atoms with Crippen molar-refractivity contribution < 1.29 is 9.21 Å². The summed E-state index contributed by atoms with van der Waals surface area (Å²) in [5.74, 6) is 2.33. The van der Waals surface area contributed by atoms with Crippen LogP contribution in [0.15, 0.2) is 28.0 Å². The lowest BCUT2D eigenvalue weighted by Gasteiger charge is -2.31. The van der Waals surface area contributed by atoms with Crippen LogP contribution in [0.4, 0.5) is 0 Å². The molecule has 0 spiro atoms. The predicted octanol–water partition coefficient (Wildman–Crippen LogP) is 2.11. The highest BCUT2D eigenvalue weighted by Gasteiger charge is 2.26. The second kappa shape index (κ2) is 8.53. The number of thioether (sulfide) groups is 1. The Kier molecular flexibility index (Phi) is 6.14. The van der Waals surface area contributed by atoms with Crippen LogP contribution in [0.2, 0.25) is 0 Å². The number of hydrogen-bond donors (Lipinski definition) is 1. The van der Waals surface area contributed by atoms with Crippen molar-refractivity contribution in [1.29, 1.82) is 0 Å². The first-order chi connectivity index (χ1) is 12.2. The van der Waals surface area contributed by atoms with Crippen LogP contribution in [0, 0.1) is 0 Å². The molecular weight excluding hydrogens is 338 g/mol. The van der Waals surface area contributed by atoms with Gasteiger partial charge in [0, 0.05) is 12.5 Å². The zero-order valence-corrected chi connectivity index (χ0v) is 15.6. The van der Waals surface area contributed by atoms with E-state index in [1.165, 1.54) is 0 Å². The molecule has 0 bridgehead atoms. The summed E-state index contributed by atoms with van der Waals surface area (Å²) in [6.07, 6.45) is 5.67. The Labute approximate surface area is 152 Å². The quantitative estimate of drug-likeness (QED) is 0.760. The fourth-order valence-corrected chi connectivity index (χ4v) is 3.82. The smallest absolute Gasteiger partial charge is 0.234 e.